The molecule has 5 nitrogen and oxygen atoms in total. The van der Waals surface area contributed by atoms with Gasteiger partial charge in [-0.25, -0.2) is 0 Å². The predicted molar refractivity (Wildman–Crippen MR) is 63.3 cm³/mol. The van der Waals surface area contributed by atoms with E-state index in [2.05, 4.69) is 10.1 Å². The van der Waals surface area contributed by atoms with Crippen molar-refractivity contribution in [2.75, 3.05) is 7.11 Å². The van der Waals surface area contributed by atoms with E-state index in [1.165, 1.54) is 6.42 Å². The largest absolute Gasteiger partial charge is 0.370 e. The van der Waals surface area contributed by atoms with Crippen LogP contribution in [-0.4, -0.2) is 17.3 Å². The van der Waals surface area contributed by atoms with Gasteiger partial charge < -0.3 is 15.0 Å². The zero-order valence-electron chi connectivity index (χ0n) is 10.8. The van der Waals surface area contributed by atoms with Gasteiger partial charge in [-0.1, -0.05) is 24.4 Å². The Morgan fingerprint density at radius 2 is 1.94 bits per heavy atom. The lowest BCUT2D eigenvalue weighted by molar-refractivity contribution is -0.0527. The maximum atomic E-state index is 5.95. The van der Waals surface area contributed by atoms with Crippen molar-refractivity contribution in [1.82, 2.24) is 10.1 Å². The molecule has 0 spiro atoms. The van der Waals surface area contributed by atoms with Crippen LogP contribution < -0.4 is 5.73 Å². The molecule has 1 saturated carbocycles. The zero-order valence-corrected chi connectivity index (χ0v) is 10.8. The van der Waals surface area contributed by atoms with E-state index < -0.39 is 5.54 Å². The molecule has 1 fully saturated rings. The molecule has 0 bridgehead atoms. The van der Waals surface area contributed by atoms with Crippen LogP contribution in [0.15, 0.2) is 4.52 Å². The standard InChI is InChI=1S/C12H21N3O2/c1-11(2,13)10-14-9(15-17-10)12(16-3)7-5-4-6-8-12/h4-8,13H2,1-3H3. The van der Waals surface area contributed by atoms with Crippen LogP contribution in [0.5, 0.6) is 0 Å². The highest BCUT2D eigenvalue weighted by Gasteiger charge is 2.39. The highest BCUT2D eigenvalue weighted by Crippen LogP contribution is 2.38. The molecule has 96 valence electrons. The van der Waals surface area contributed by atoms with Gasteiger partial charge in [0.2, 0.25) is 11.7 Å². The summed E-state index contributed by atoms with van der Waals surface area (Å²) in [4.78, 5) is 4.42. The molecule has 0 saturated heterocycles. The van der Waals surface area contributed by atoms with Gasteiger partial charge in [-0.15, -0.1) is 0 Å². The number of hydrogen-bond acceptors (Lipinski definition) is 5. The van der Waals surface area contributed by atoms with Gasteiger partial charge in [0.05, 0.1) is 5.54 Å². The van der Waals surface area contributed by atoms with Crippen LogP contribution in [0, 0.1) is 0 Å². The van der Waals surface area contributed by atoms with E-state index in [-0.39, 0.29) is 5.60 Å². The van der Waals surface area contributed by atoms with Crippen molar-refractivity contribution < 1.29 is 9.26 Å². The molecule has 0 unspecified atom stereocenters. The molecule has 2 N–H and O–H groups in total. The Hall–Kier alpha value is -0.940. The molecule has 5 heteroatoms. The van der Waals surface area contributed by atoms with Crippen molar-refractivity contribution in [2.45, 2.75) is 57.1 Å². The van der Waals surface area contributed by atoms with E-state index >= 15 is 0 Å². The number of rotatable bonds is 3. The monoisotopic (exact) mass is 239 g/mol. The molecule has 2 rings (SSSR count). The van der Waals surface area contributed by atoms with Gasteiger partial charge in [-0.3, -0.25) is 0 Å². The molecule has 1 aromatic rings. The fraction of sp³-hybridized carbons (Fsp3) is 0.833. The Balaban J connectivity index is 2.28. The average molecular weight is 239 g/mol. The van der Waals surface area contributed by atoms with Gasteiger partial charge >= 0.3 is 0 Å². The first-order valence-electron chi connectivity index (χ1n) is 6.17. The summed E-state index contributed by atoms with van der Waals surface area (Å²) in [6.07, 6.45) is 5.44. The van der Waals surface area contributed by atoms with Crippen molar-refractivity contribution >= 4 is 0 Å². The lowest BCUT2D eigenvalue weighted by atomic mass is 9.84. The van der Waals surface area contributed by atoms with Crippen molar-refractivity contribution in [1.29, 1.82) is 0 Å². The normalized spacial score (nSPS) is 20.5. The number of methoxy groups -OCH3 is 1. The van der Waals surface area contributed by atoms with Crippen molar-refractivity contribution in [3.63, 3.8) is 0 Å². The number of aromatic nitrogens is 2. The second-order valence-electron chi connectivity index (χ2n) is 5.40. The van der Waals surface area contributed by atoms with Gasteiger partial charge in [0.1, 0.15) is 5.60 Å². The summed E-state index contributed by atoms with van der Waals surface area (Å²) in [6.45, 7) is 3.70. The minimum absolute atomic E-state index is 0.370. The summed E-state index contributed by atoms with van der Waals surface area (Å²) in [5.41, 5.74) is 4.98. The summed E-state index contributed by atoms with van der Waals surface area (Å²) in [6, 6.07) is 0. The quantitative estimate of drug-likeness (QED) is 0.874. The molecule has 0 atom stereocenters. The van der Waals surface area contributed by atoms with Crippen molar-refractivity contribution in [3.05, 3.63) is 11.7 Å². The molecule has 0 radical (unpaired) electrons. The van der Waals surface area contributed by atoms with E-state index in [0.29, 0.717) is 11.7 Å². The van der Waals surface area contributed by atoms with E-state index in [1.54, 1.807) is 7.11 Å². The van der Waals surface area contributed by atoms with Gasteiger partial charge in [0.25, 0.3) is 0 Å². The minimum atomic E-state index is -0.602. The summed E-state index contributed by atoms with van der Waals surface area (Å²) < 4.78 is 10.9. The Kier molecular flexibility index (Phi) is 3.23. The lowest BCUT2D eigenvalue weighted by Crippen LogP contribution is -2.33. The topological polar surface area (TPSA) is 74.2 Å². The summed E-state index contributed by atoms with van der Waals surface area (Å²) in [5.74, 6) is 1.11. The van der Waals surface area contributed by atoms with Gasteiger partial charge in [0.15, 0.2) is 0 Å². The van der Waals surface area contributed by atoms with Crippen LogP contribution in [0.1, 0.15) is 57.7 Å². The first-order valence-corrected chi connectivity index (χ1v) is 6.17. The van der Waals surface area contributed by atoms with Gasteiger partial charge in [-0.2, -0.15) is 4.98 Å². The lowest BCUT2D eigenvalue weighted by Gasteiger charge is -2.32. The number of nitrogens with two attached hydrogens (primary N) is 1. The van der Waals surface area contributed by atoms with Crippen LogP contribution in [0.4, 0.5) is 0 Å². The fourth-order valence-corrected chi connectivity index (χ4v) is 2.31. The second kappa shape index (κ2) is 4.38. The van der Waals surface area contributed by atoms with E-state index in [0.717, 1.165) is 25.7 Å². The Labute approximate surface area is 102 Å². The summed E-state index contributed by atoms with van der Waals surface area (Å²) in [5, 5.41) is 4.06. The van der Waals surface area contributed by atoms with E-state index in [9.17, 15) is 0 Å². The molecule has 1 aromatic heterocycles. The maximum Gasteiger partial charge on any atom is 0.246 e. The summed E-state index contributed by atoms with van der Waals surface area (Å²) in [7, 11) is 1.72. The van der Waals surface area contributed by atoms with Crippen molar-refractivity contribution in [3.8, 4) is 0 Å². The van der Waals surface area contributed by atoms with Gasteiger partial charge in [-0.05, 0) is 26.7 Å². The highest BCUT2D eigenvalue weighted by molar-refractivity contribution is 5.06. The molecule has 1 aliphatic carbocycles. The maximum absolute atomic E-state index is 5.95. The second-order valence-corrected chi connectivity index (χ2v) is 5.40. The molecule has 1 heterocycles. The average Bonchev–Trinajstić information content (AvgIpc) is 2.79. The SMILES string of the molecule is COC1(c2noc(C(C)(C)N)n2)CCCCC1. The highest BCUT2D eigenvalue weighted by atomic mass is 16.5. The first-order chi connectivity index (χ1) is 7.98. The van der Waals surface area contributed by atoms with Crippen LogP contribution in [0.2, 0.25) is 0 Å². The number of nitrogens with zero attached hydrogens (tertiary/aromatic N) is 2. The molecule has 0 amide bonds. The molecule has 1 aliphatic rings. The minimum Gasteiger partial charge on any atom is -0.370 e. The van der Waals surface area contributed by atoms with Crippen LogP contribution >= 0.6 is 0 Å². The van der Waals surface area contributed by atoms with E-state index in [4.69, 9.17) is 15.0 Å². The summed E-state index contributed by atoms with van der Waals surface area (Å²) >= 11 is 0. The molecular formula is C12H21N3O2. The first kappa shape index (κ1) is 12.5. The Morgan fingerprint density at radius 3 is 2.41 bits per heavy atom. The number of hydrogen-bond donors (Lipinski definition) is 1. The third-order valence-electron chi connectivity index (χ3n) is 3.44. The Bertz CT molecular complexity index is 375. The predicted octanol–water partition coefficient (Wildman–Crippen LogP) is 2.07. The molecule has 0 aliphatic heterocycles. The zero-order chi connectivity index (χ0) is 12.5. The third kappa shape index (κ3) is 2.35. The molecular weight excluding hydrogens is 218 g/mol. The van der Waals surface area contributed by atoms with Crippen LogP contribution in [0.3, 0.4) is 0 Å². The smallest absolute Gasteiger partial charge is 0.246 e. The van der Waals surface area contributed by atoms with Crippen LogP contribution in [-0.2, 0) is 15.9 Å². The molecule has 0 aromatic carbocycles. The number of ether oxygens (including phenoxy) is 1. The molecule has 17 heavy (non-hydrogen) atoms. The fourth-order valence-electron chi connectivity index (χ4n) is 2.31. The van der Waals surface area contributed by atoms with Gasteiger partial charge in [0, 0.05) is 7.11 Å². The van der Waals surface area contributed by atoms with Crippen LogP contribution in [0.25, 0.3) is 0 Å². The van der Waals surface area contributed by atoms with Crippen molar-refractivity contribution in [2.24, 2.45) is 5.73 Å². The van der Waals surface area contributed by atoms with E-state index in [1.807, 2.05) is 13.8 Å². The third-order valence-corrected chi connectivity index (χ3v) is 3.44. The Morgan fingerprint density at radius 1 is 1.29 bits per heavy atom.